The molecule has 0 radical (unpaired) electrons. The Morgan fingerprint density at radius 2 is 1.89 bits per heavy atom. The van der Waals surface area contributed by atoms with Crippen LogP contribution >= 0.6 is 11.8 Å². The van der Waals surface area contributed by atoms with Gasteiger partial charge in [-0.1, -0.05) is 44.9 Å². The highest BCUT2D eigenvalue weighted by Crippen LogP contribution is 2.28. The van der Waals surface area contributed by atoms with Crippen LogP contribution in [-0.4, -0.2) is 58.8 Å². The number of aromatic nitrogens is 3. The zero-order chi connectivity index (χ0) is 19.9. The topological polar surface area (TPSA) is 72.3 Å². The number of amides is 1. The van der Waals surface area contributed by atoms with Crippen molar-refractivity contribution in [3.63, 3.8) is 0 Å². The highest BCUT2D eigenvalue weighted by molar-refractivity contribution is 8.00. The molecule has 1 saturated carbocycles. The second-order valence-electron chi connectivity index (χ2n) is 8.40. The van der Waals surface area contributed by atoms with E-state index in [-0.39, 0.29) is 11.2 Å². The number of nitrogens with zero attached hydrogens (tertiary/aromatic N) is 4. The van der Waals surface area contributed by atoms with E-state index >= 15 is 0 Å². The van der Waals surface area contributed by atoms with Gasteiger partial charge in [0, 0.05) is 26.2 Å². The van der Waals surface area contributed by atoms with Crippen LogP contribution in [0.15, 0.2) is 5.16 Å². The molecule has 28 heavy (non-hydrogen) atoms. The van der Waals surface area contributed by atoms with E-state index in [4.69, 9.17) is 4.74 Å². The fraction of sp³-hybridized carbons (Fsp3) is 0.850. The van der Waals surface area contributed by atoms with Crippen molar-refractivity contribution in [3.05, 3.63) is 0 Å². The summed E-state index contributed by atoms with van der Waals surface area (Å²) in [5.41, 5.74) is 0. The Kier molecular flexibility index (Phi) is 8.02. The Labute approximate surface area is 173 Å². The summed E-state index contributed by atoms with van der Waals surface area (Å²) in [5.74, 6) is 2.12. The van der Waals surface area contributed by atoms with Crippen molar-refractivity contribution in [1.29, 1.82) is 0 Å². The van der Waals surface area contributed by atoms with E-state index in [1.54, 1.807) is 0 Å². The van der Waals surface area contributed by atoms with E-state index in [1.165, 1.54) is 43.9 Å². The van der Waals surface area contributed by atoms with Crippen LogP contribution in [0.25, 0.3) is 0 Å². The molecule has 3 rings (SSSR count). The molecule has 1 unspecified atom stereocenters. The van der Waals surface area contributed by atoms with E-state index in [9.17, 15) is 4.79 Å². The van der Waals surface area contributed by atoms with Crippen molar-refractivity contribution in [2.75, 3.05) is 37.7 Å². The largest absolute Gasteiger partial charge is 0.378 e. The summed E-state index contributed by atoms with van der Waals surface area (Å²) in [6.45, 7) is 11.1. The Morgan fingerprint density at radius 3 is 2.57 bits per heavy atom. The lowest BCUT2D eigenvalue weighted by molar-refractivity contribution is -0.120. The maximum atomic E-state index is 12.6. The van der Waals surface area contributed by atoms with Gasteiger partial charge in [0.1, 0.15) is 0 Å². The number of hydrogen-bond donors (Lipinski definition) is 1. The first-order valence-corrected chi connectivity index (χ1v) is 11.6. The highest BCUT2D eigenvalue weighted by Gasteiger charge is 2.24. The molecule has 7 nitrogen and oxygen atoms in total. The number of hydrogen-bond acceptors (Lipinski definition) is 6. The average molecular weight is 410 g/mol. The minimum atomic E-state index is -0.184. The Bertz CT molecular complexity index is 624. The van der Waals surface area contributed by atoms with Crippen LogP contribution in [0.1, 0.15) is 52.9 Å². The number of anilines is 1. The smallest absolute Gasteiger partial charge is 0.233 e. The zero-order valence-corrected chi connectivity index (χ0v) is 18.3. The van der Waals surface area contributed by atoms with E-state index in [0.29, 0.717) is 11.8 Å². The minimum absolute atomic E-state index is 0.0996. The van der Waals surface area contributed by atoms with Gasteiger partial charge in [-0.3, -0.25) is 9.36 Å². The monoisotopic (exact) mass is 409 g/mol. The van der Waals surface area contributed by atoms with Crippen molar-refractivity contribution in [3.8, 4) is 0 Å². The molecule has 1 amide bonds. The van der Waals surface area contributed by atoms with Gasteiger partial charge in [0.05, 0.1) is 18.5 Å². The molecule has 1 N–H and O–H groups in total. The molecule has 2 heterocycles. The first-order valence-electron chi connectivity index (χ1n) is 10.7. The first-order chi connectivity index (χ1) is 13.5. The molecule has 1 saturated heterocycles. The number of nitrogens with one attached hydrogen (secondary N) is 1. The van der Waals surface area contributed by atoms with Crippen LogP contribution in [0.2, 0.25) is 0 Å². The van der Waals surface area contributed by atoms with Crippen LogP contribution in [-0.2, 0) is 16.1 Å². The maximum absolute atomic E-state index is 12.6. The molecule has 8 heteroatoms. The highest BCUT2D eigenvalue weighted by atomic mass is 32.2. The maximum Gasteiger partial charge on any atom is 0.233 e. The number of ether oxygens (including phenoxy) is 1. The number of morpholine rings is 1. The molecular formula is C20H35N5O2S. The molecule has 1 aromatic rings. The van der Waals surface area contributed by atoms with Crippen molar-refractivity contribution < 1.29 is 9.53 Å². The van der Waals surface area contributed by atoms with Gasteiger partial charge < -0.3 is 15.0 Å². The molecule has 0 bridgehead atoms. The van der Waals surface area contributed by atoms with Crippen molar-refractivity contribution in [2.45, 2.75) is 69.8 Å². The third kappa shape index (κ3) is 5.86. The number of thioether (sulfide) groups is 1. The SMILES string of the molecule is CC(C)Cn1c(SC(C)C(=O)NCC2CCCCC2)nnc1N1CCOCC1. The summed E-state index contributed by atoms with van der Waals surface area (Å²) in [7, 11) is 0. The van der Waals surface area contributed by atoms with Gasteiger partial charge in [-0.25, -0.2) is 0 Å². The van der Waals surface area contributed by atoms with Gasteiger partial charge in [0.25, 0.3) is 0 Å². The second-order valence-corrected chi connectivity index (χ2v) is 9.70. The lowest BCUT2D eigenvalue weighted by atomic mass is 9.89. The summed E-state index contributed by atoms with van der Waals surface area (Å²) in [4.78, 5) is 14.8. The number of rotatable bonds is 8. The predicted octanol–water partition coefficient (Wildman–Crippen LogP) is 2.95. The third-order valence-electron chi connectivity index (χ3n) is 5.48. The summed E-state index contributed by atoms with van der Waals surface area (Å²) in [6.07, 6.45) is 6.43. The fourth-order valence-corrected chi connectivity index (χ4v) is 4.76. The Morgan fingerprint density at radius 1 is 1.18 bits per heavy atom. The molecule has 1 aliphatic heterocycles. The van der Waals surface area contributed by atoms with Crippen LogP contribution < -0.4 is 10.2 Å². The van der Waals surface area contributed by atoms with Crippen LogP contribution in [0.5, 0.6) is 0 Å². The molecule has 0 spiro atoms. The van der Waals surface area contributed by atoms with Gasteiger partial charge in [0.2, 0.25) is 11.9 Å². The summed E-state index contributed by atoms with van der Waals surface area (Å²) < 4.78 is 7.64. The molecule has 0 aromatic carbocycles. The summed E-state index contributed by atoms with van der Waals surface area (Å²) in [6, 6.07) is 0. The predicted molar refractivity (Wildman–Crippen MR) is 113 cm³/mol. The standard InChI is InChI=1S/C20H35N5O2S/c1-15(2)14-25-19(24-9-11-27-12-10-24)22-23-20(25)28-16(3)18(26)21-13-17-7-5-4-6-8-17/h15-17H,4-14H2,1-3H3,(H,21,26). The van der Waals surface area contributed by atoms with Gasteiger partial charge in [-0.15, -0.1) is 10.2 Å². The lowest BCUT2D eigenvalue weighted by Gasteiger charge is -2.28. The van der Waals surface area contributed by atoms with E-state index in [0.717, 1.165) is 50.5 Å². The number of carbonyl (C=O) groups is 1. The van der Waals surface area contributed by atoms with Gasteiger partial charge in [-0.05, 0) is 31.6 Å². The van der Waals surface area contributed by atoms with Crippen molar-refractivity contribution >= 4 is 23.6 Å². The average Bonchev–Trinajstić information content (AvgIpc) is 3.09. The molecule has 1 aliphatic carbocycles. The zero-order valence-electron chi connectivity index (χ0n) is 17.5. The summed E-state index contributed by atoms with van der Waals surface area (Å²) >= 11 is 1.51. The summed E-state index contributed by atoms with van der Waals surface area (Å²) in [5, 5.41) is 12.7. The van der Waals surface area contributed by atoms with E-state index in [1.807, 2.05) is 6.92 Å². The van der Waals surface area contributed by atoms with E-state index < -0.39 is 0 Å². The molecule has 1 aromatic heterocycles. The van der Waals surface area contributed by atoms with Crippen molar-refractivity contribution in [2.24, 2.45) is 11.8 Å². The quantitative estimate of drug-likeness (QED) is 0.666. The van der Waals surface area contributed by atoms with Gasteiger partial charge >= 0.3 is 0 Å². The lowest BCUT2D eigenvalue weighted by Crippen LogP contribution is -2.38. The molecular weight excluding hydrogens is 374 g/mol. The third-order valence-corrected chi connectivity index (χ3v) is 6.56. The Hall–Kier alpha value is -1.28. The second kappa shape index (κ2) is 10.5. The van der Waals surface area contributed by atoms with Gasteiger partial charge in [-0.2, -0.15) is 0 Å². The van der Waals surface area contributed by atoms with Gasteiger partial charge in [0.15, 0.2) is 5.16 Å². The van der Waals surface area contributed by atoms with Crippen LogP contribution in [0, 0.1) is 11.8 Å². The van der Waals surface area contributed by atoms with Crippen molar-refractivity contribution in [1.82, 2.24) is 20.1 Å². The molecule has 2 aliphatic rings. The number of carbonyl (C=O) groups excluding carboxylic acids is 1. The van der Waals surface area contributed by atoms with Crippen LogP contribution in [0.3, 0.4) is 0 Å². The van der Waals surface area contributed by atoms with E-state index in [2.05, 4.69) is 38.8 Å². The normalized spacial score (nSPS) is 19.8. The molecule has 158 valence electrons. The fourth-order valence-electron chi connectivity index (χ4n) is 3.88. The molecule has 2 fully saturated rings. The minimum Gasteiger partial charge on any atom is -0.378 e. The van der Waals surface area contributed by atoms with Crippen LogP contribution in [0.4, 0.5) is 5.95 Å². The first kappa shape index (κ1) is 21.4. The Balaban J connectivity index is 1.61. The molecule has 1 atom stereocenters.